The van der Waals surface area contributed by atoms with Gasteiger partial charge in [-0.1, -0.05) is 49.7 Å². The lowest BCUT2D eigenvalue weighted by molar-refractivity contribution is -0.137. The van der Waals surface area contributed by atoms with Crippen LogP contribution in [0.1, 0.15) is 44.2 Å². The highest BCUT2D eigenvalue weighted by Crippen LogP contribution is 2.55. The van der Waals surface area contributed by atoms with Crippen molar-refractivity contribution < 1.29 is 17.9 Å². The van der Waals surface area contributed by atoms with Crippen molar-refractivity contribution in [2.75, 3.05) is 10.9 Å². The van der Waals surface area contributed by atoms with E-state index in [1.54, 1.807) is 24.3 Å². The SMILES string of the molecule is CCO[C@@H]1CC(=O)C(C)(C)[C@H]2[C@@H]1c1ccccc1N2S(=O)(=O)c1ccc(C)cc1. The van der Waals surface area contributed by atoms with Crippen molar-refractivity contribution in [3.63, 3.8) is 0 Å². The fraction of sp³-hybridized carbons (Fsp3) is 0.435. The molecule has 29 heavy (non-hydrogen) atoms. The van der Waals surface area contributed by atoms with Gasteiger partial charge in [0.25, 0.3) is 10.0 Å². The molecule has 3 atom stereocenters. The number of Topliss-reactive ketones (excluding diaryl/α,β-unsaturated/α-hetero) is 1. The minimum absolute atomic E-state index is 0.0362. The van der Waals surface area contributed by atoms with Crippen molar-refractivity contribution >= 4 is 21.5 Å². The number of sulfonamides is 1. The number of nitrogens with zero attached hydrogens (tertiary/aromatic N) is 1. The molecule has 2 aliphatic rings. The van der Waals surface area contributed by atoms with Crippen LogP contribution in [0.25, 0.3) is 0 Å². The van der Waals surface area contributed by atoms with Gasteiger partial charge in [-0.15, -0.1) is 0 Å². The third kappa shape index (κ3) is 3.01. The zero-order valence-corrected chi connectivity index (χ0v) is 18.1. The predicted molar refractivity (Wildman–Crippen MR) is 113 cm³/mol. The van der Waals surface area contributed by atoms with Gasteiger partial charge >= 0.3 is 0 Å². The summed E-state index contributed by atoms with van der Waals surface area (Å²) in [6.07, 6.45) is -0.0284. The molecule has 1 aliphatic heterocycles. The van der Waals surface area contributed by atoms with E-state index < -0.39 is 21.5 Å². The maximum atomic E-state index is 13.8. The molecular formula is C23H27NO4S. The maximum absolute atomic E-state index is 13.8. The molecule has 2 aromatic carbocycles. The van der Waals surface area contributed by atoms with E-state index >= 15 is 0 Å². The van der Waals surface area contributed by atoms with E-state index in [1.165, 1.54) is 4.31 Å². The van der Waals surface area contributed by atoms with Gasteiger partial charge in [-0.2, -0.15) is 0 Å². The first kappa shape index (κ1) is 20.1. The Balaban J connectivity index is 1.93. The lowest BCUT2D eigenvalue weighted by Gasteiger charge is -2.46. The predicted octanol–water partition coefficient (Wildman–Crippen LogP) is 4.06. The zero-order chi connectivity index (χ0) is 21.0. The van der Waals surface area contributed by atoms with Crippen LogP contribution in [0, 0.1) is 12.3 Å². The van der Waals surface area contributed by atoms with Gasteiger partial charge in [-0.25, -0.2) is 8.42 Å². The van der Waals surface area contributed by atoms with E-state index in [0.29, 0.717) is 18.7 Å². The molecule has 1 aliphatic carbocycles. The topological polar surface area (TPSA) is 63.7 Å². The smallest absolute Gasteiger partial charge is 0.264 e. The number of aryl methyl sites for hydroxylation is 1. The molecule has 0 radical (unpaired) electrons. The summed E-state index contributed by atoms with van der Waals surface area (Å²) in [7, 11) is -3.85. The molecule has 0 N–H and O–H groups in total. The maximum Gasteiger partial charge on any atom is 0.264 e. The molecule has 1 saturated carbocycles. The first-order valence-electron chi connectivity index (χ1n) is 10.0. The van der Waals surface area contributed by atoms with Gasteiger partial charge in [0.15, 0.2) is 0 Å². The summed E-state index contributed by atoms with van der Waals surface area (Å²) in [6, 6.07) is 13.9. The van der Waals surface area contributed by atoms with E-state index in [-0.39, 0.29) is 22.7 Å². The Morgan fingerprint density at radius 3 is 2.41 bits per heavy atom. The number of benzene rings is 2. The first-order chi connectivity index (χ1) is 13.7. The number of anilines is 1. The number of hydrogen-bond donors (Lipinski definition) is 0. The summed E-state index contributed by atoms with van der Waals surface area (Å²) < 4.78 is 35.0. The largest absolute Gasteiger partial charge is 0.377 e. The van der Waals surface area contributed by atoms with Crippen LogP contribution in [0.15, 0.2) is 53.4 Å². The summed E-state index contributed by atoms with van der Waals surface area (Å²) in [5.41, 5.74) is 1.76. The molecule has 4 rings (SSSR count). The quantitative estimate of drug-likeness (QED) is 0.758. The average molecular weight is 414 g/mol. The molecule has 0 bridgehead atoms. The molecular weight excluding hydrogens is 386 g/mol. The van der Waals surface area contributed by atoms with Gasteiger partial charge < -0.3 is 4.74 Å². The summed E-state index contributed by atoms with van der Waals surface area (Å²) >= 11 is 0. The Morgan fingerprint density at radius 2 is 1.76 bits per heavy atom. The van der Waals surface area contributed by atoms with Crippen LogP contribution in [0.5, 0.6) is 0 Å². The number of carbonyl (C=O) groups excluding carboxylic acids is 1. The third-order valence-corrected chi connectivity index (χ3v) is 8.14. The second-order valence-corrected chi connectivity index (χ2v) is 10.3. The summed E-state index contributed by atoms with van der Waals surface area (Å²) in [5, 5.41) is 0. The van der Waals surface area contributed by atoms with Crippen LogP contribution < -0.4 is 4.31 Å². The van der Waals surface area contributed by atoms with Crippen molar-refractivity contribution in [3.05, 3.63) is 59.7 Å². The lowest BCUT2D eigenvalue weighted by atomic mass is 9.65. The number of fused-ring (bicyclic) bond motifs is 3. The van der Waals surface area contributed by atoms with Crippen LogP contribution in [0.2, 0.25) is 0 Å². The van der Waals surface area contributed by atoms with E-state index in [2.05, 4.69) is 0 Å². The van der Waals surface area contributed by atoms with Gasteiger partial charge in [0.05, 0.1) is 22.7 Å². The van der Waals surface area contributed by atoms with Gasteiger partial charge in [-0.05, 0) is 37.6 Å². The van der Waals surface area contributed by atoms with Crippen molar-refractivity contribution in [3.8, 4) is 0 Å². The van der Waals surface area contributed by atoms with Crippen molar-refractivity contribution in [2.24, 2.45) is 5.41 Å². The molecule has 0 amide bonds. The van der Waals surface area contributed by atoms with Crippen molar-refractivity contribution in [2.45, 2.75) is 57.1 Å². The number of para-hydroxylation sites is 1. The Labute approximate surface area is 172 Å². The highest BCUT2D eigenvalue weighted by atomic mass is 32.2. The van der Waals surface area contributed by atoms with Crippen LogP contribution in [-0.4, -0.2) is 33.0 Å². The van der Waals surface area contributed by atoms with Crippen LogP contribution in [0.3, 0.4) is 0 Å². The normalized spacial score (nSPS) is 25.6. The van der Waals surface area contributed by atoms with E-state index in [9.17, 15) is 13.2 Å². The Bertz CT molecular complexity index is 1040. The molecule has 0 aromatic heterocycles. The molecule has 0 spiro atoms. The Hall–Kier alpha value is -2.18. The van der Waals surface area contributed by atoms with Crippen molar-refractivity contribution in [1.29, 1.82) is 0 Å². The van der Waals surface area contributed by atoms with Gasteiger partial charge in [0, 0.05) is 24.4 Å². The number of ketones is 1. The lowest BCUT2D eigenvalue weighted by Crippen LogP contribution is -2.57. The number of rotatable bonds is 4. The highest BCUT2D eigenvalue weighted by molar-refractivity contribution is 7.92. The van der Waals surface area contributed by atoms with Gasteiger partial charge in [-0.3, -0.25) is 9.10 Å². The molecule has 6 heteroatoms. The molecule has 1 fully saturated rings. The Morgan fingerprint density at radius 1 is 1.10 bits per heavy atom. The summed E-state index contributed by atoms with van der Waals surface area (Å²) in [4.78, 5) is 13.3. The first-order valence-corrected chi connectivity index (χ1v) is 11.5. The summed E-state index contributed by atoms with van der Waals surface area (Å²) in [5.74, 6) is -0.145. The highest BCUT2D eigenvalue weighted by Gasteiger charge is 2.59. The minimum Gasteiger partial charge on any atom is -0.377 e. The monoisotopic (exact) mass is 413 g/mol. The van der Waals surface area contributed by atoms with Crippen molar-refractivity contribution in [1.82, 2.24) is 0 Å². The second kappa shape index (κ2) is 6.96. The van der Waals surface area contributed by atoms with E-state index in [4.69, 9.17) is 4.74 Å². The number of hydrogen-bond acceptors (Lipinski definition) is 4. The minimum atomic E-state index is -3.85. The molecule has 2 aromatic rings. The third-order valence-electron chi connectivity index (χ3n) is 6.33. The zero-order valence-electron chi connectivity index (χ0n) is 17.3. The fourth-order valence-electron chi connectivity index (χ4n) is 4.80. The summed E-state index contributed by atoms with van der Waals surface area (Å²) in [6.45, 7) is 8.03. The van der Waals surface area contributed by atoms with Crippen LogP contribution in [0.4, 0.5) is 5.69 Å². The second-order valence-electron chi connectivity index (χ2n) is 8.49. The fourth-order valence-corrected chi connectivity index (χ4v) is 6.62. The molecule has 1 heterocycles. The van der Waals surface area contributed by atoms with Crippen LogP contribution >= 0.6 is 0 Å². The number of ether oxygens (including phenoxy) is 1. The van der Waals surface area contributed by atoms with E-state index in [0.717, 1.165) is 11.1 Å². The van der Waals surface area contributed by atoms with E-state index in [1.807, 2.05) is 52.0 Å². The molecule has 0 saturated heterocycles. The number of carbonyl (C=O) groups is 1. The molecule has 154 valence electrons. The molecule has 5 nitrogen and oxygen atoms in total. The van der Waals surface area contributed by atoms with Gasteiger partial charge in [0.2, 0.25) is 0 Å². The molecule has 0 unspecified atom stereocenters. The standard InChI is InChI=1S/C23H27NO4S/c1-5-28-19-14-20(25)23(3,4)22-21(19)17-8-6-7-9-18(17)24(22)29(26,27)16-12-10-15(2)11-13-16/h6-13,19,21-22H,5,14H2,1-4H3/t19-,21-,22-/m1/s1. The van der Waals surface area contributed by atoms with Gasteiger partial charge in [0.1, 0.15) is 5.78 Å². The van der Waals surface area contributed by atoms with Crippen LogP contribution in [-0.2, 0) is 19.6 Å². The Kier molecular flexibility index (Phi) is 4.82. The average Bonchev–Trinajstić information content (AvgIpc) is 3.04.